The summed E-state index contributed by atoms with van der Waals surface area (Å²) in [4.78, 5) is 24.3. The van der Waals surface area contributed by atoms with Crippen molar-refractivity contribution in [1.82, 2.24) is 0 Å². The van der Waals surface area contributed by atoms with Gasteiger partial charge in [0.1, 0.15) is 5.78 Å². The minimum atomic E-state index is -0.0404. The largest absolute Gasteiger partial charge is 0.315 e. The van der Waals surface area contributed by atoms with Crippen LogP contribution in [0.15, 0.2) is 22.7 Å². The van der Waals surface area contributed by atoms with E-state index in [0.29, 0.717) is 6.42 Å². The van der Waals surface area contributed by atoms with E-state index in [2.05, 4.69) is 15.9 Å². The highest BCUT2D eigenvalue weighted by Crippen LogP contribution is 2.24. The predicted octanol–water partition coefficient (Wildman–Crippen LogP) is 3.09. The van der Waals surface area contributed by atoms with Gasteiger partial charge in [-0.2, -0.15) is 0 Å². The molecule has 17 heavy (non-hydrogen) atoms. The molecule has 0 radical (unpaired) electrons. The number of aryl methyl sites for hydroxylation is 1. The molecule has 3 nitrogen and oxygen atoms in total. The average Bonchev–Trinajstić information content (AvgIpc) is 2.28. The molecule has 0 unspecified atom stereocenters. The Morgan fingerprint density at radius 1 is 1.29 bits per heavy atom. The van der Waals surface area contributed by atoms with E-state index in [4.69, 9.17) is 0 Å². The van der Waals surface area contributed by atoms with Crippen LogP contribution in [0.3, 0.4) is 0 Å². The van der Waals surface area contributed by atoms with Crippen LogP contribution in [0.25, 0.3) is 0 Å². The Bertz CT molecular complexity index is 443. The fourth-order valence-corrected chi connectivity index (χ4v) is 1.88. The Morgan fingerprint density at radius 3 is 2.53 bits per heavy atom. The summed E-state index contributed by atoms with van der Waals surface area (Å²) >= 11 is 3.38. The number of rotatable bonds is 4. The molecule has 0 fully saturated rings. The Balaban J connectivity index is 2.81. The van der Waals surface area contributed by atoms with Crippen LogP contribution in [-0.2, 0) is 9.59 Å². The smallest absolute Gasteiger partial charge is 0.227 e. The molecule has 1 amide bonds. The number of hydrogen-bond acceptors (Lipinski definition) is 2. The van der Waals surface area contributed by atoms with Gasteiger partial charge in [-0.15, -0.1) is 0 Å². The van der Waals surface area contributed by atoms with E-state index in [0.717, 1.165) is 15.7 Å². The lowest BCUT2D eigenvalue weighted by atomic mass is 10.1. The van der Waals surface area contributed by atoms with Gasteiger partial charge in [-0.1, -0.05) is 22.0 Å². The van der Waals surface area contributed by atoms with Gasteiger partial charge in [0, 0.05) is 30.0 Å². The number of nitrogens with zero attached hydrogens (tertiary/aromatic N) is 1. The first-order valence-electron chi connectivity index (χ1n) is 5.44. The molecular formula is C13H16BrNO2. The number of benzene rings is 1. The van der Waals surface area contributed by atoms with Crippen LogP contribution < -0.4 is 4.90 Å². The zero-order valence-corrected chi connectivity index (χ0v) is 11.9. The molecular weight excluding hydrogens is 282 g/mol. The maximum absolute atomic E-state index is 11.9. The number of carbonyl (C=O) groups is 2. The minimum absolute atomic E-state index is 0.0396. The number of Topliss-reactive ketones (excluding diaryl/α,β-unsaturated/α-hetero) is 1. The van der Waals surface area contributed by atoms with E-state index in [9.17, 15) is 9.59 Å². The van der Waals surface area contributed by atoms with Crippen LogP contribution in [0.2, 0.25) is 0 Å². The SMILES string of the molecule is CC(=O)CCC(=O)N(C)c1cc(Br)ccc1C. The monoisotopic (exact) mass is 297 g/mol. The first kappa shape index (κ1) is 13.9. The zero-order chi connectivity index (χ0) is 13.0. The molecule has 0 atom stereocenters. The van der Waals surface area contributed by atoms with Crippen molar-refractivity contribution in [3.63, 3.8) is 0 Å². The summed E-state index contributed by atoms with van der Waals surface area (Å²) in [5, 5.41) is 0. The Morgan fingerprint density at radius 2 is 1.94 bits per heavy atom. The van der Waals surface area contributed by atoms with Crippen LogP contribution in [0, 0.1) is 6.92 Å². The lowest BCUT2D eigenvalue weighted by molar-refractivity contribution is -0.122. The van der Waals surface area contributed by atoms with E-state index in [1.807, 2.05) is 25.1 Å². The van der Waals surface area contributed by atoms with Gasteiger partial charge in [-0.05, 0) is 31.5 Å². The first-order chi connectivity index (χ1) is 7.91. The van der Waals surface area contributed by atoms with Crippen molar-refractivity contribution in [3.8, 4) is 0 Å². The van der Waals surface area contributed by atoms with Crippen LogP contribution in [-0.4, -0.2) is 18.7 Å². The van der Waals surface area contributed by atoms with Gasteiger partial charge in [0.25, 0.3) is 0 Å². The van der Waals surface area contributed by atoms with E-state index in [1.54, 1.807) is 11.9 Å². The maximum atomic E-state index is 11.9. The number of amides is 1. The number of ketones is 1. The summed E-state index contributed by atoms with van der Waals surface area (Å²) < 4.78 is 0.935. The van der Waals surface area contributed by atoms with E-state index >= 15 is 0 Å². The third kappa shape index (κ3) is 3.97. The van der Waals surface area contributed by atoms with Crippen LogP contribution >= 0.6 is 15.9 Å². The Hall–Kier alpha value is -1.16. The third-order valence-corrected chi connectivity index (χ3v) is 3.09. The third-order valence-electron chi connectivity index (χ3n) is 2.60. The number of carbonyl (C=O) groups excluding carboxylic acids is 2. The van der Waals surface area contributed by atoms with Gasteiger partial charge in [0.2, 0.25) is 5.91 Å². The molecule has 0 heterocycles. The normalized spacial score (nSPS) is 10.1. The molecule has 0 aliphatic carbocycles. The lowest BCUT2D eigenvalue weighted by Gasteiger charge is -2.19. The first-order valence-corrected chi connectivity index (χ1v) is 6.23. The van der Waals surface area contributed by atoms with Crippen LogP contribution in [0.5, 0.6) is 0 Å². The van der Waals surface area contributed by atoms with Crippen molar-refractivity contribution < 1.29 is 9.59 Å². The topological polar surface area (TPSA) is 37.4 Å². The summed E-state index contributed by atoms with van der Waals surface area (Å²) in [6.45, 7) is 3.45. The molecule has 1 rings (SSSR count). The fraction of sp³-hybridized carbons (Fsp3) is 0.385. The standard InChI is InChI=1S/C13H16BrNO2/c1-9-4-6-11(14)8-12(9)15(3)13(17)7-5-10(2)16/h4,6,8H,5,7H2,1-3H3. The second-order valence-electron chi connectivity index (χ2n) is 4.09. The predicted molar refractivity (Wildman–Crippen MR) is 72.2 cm³/mol. The van der Waals surface area contributed by atoms with Gasteiger partial charge in [0.15, 0.2) is 0 Å². The second-order valence-corrected chi connectivity index (χ2v) is 5.00. The molecule has 4 heteroatoms. The van der Waals surface area contributed by atoms with Crippen molar-refractivity contribution >= 4 is 33.3 Å². The second kappa shape index (κ2) is 5.96. The molecule has 0 aromatic heterocycles. The molecule has 0 N–H and O–H groups in total. The highest BCUT2D eigenvalue weighted by atomic mass is 79.9. The van der Waals surface area contributed by atoms with Gasteiger partial charge < -0.3 is 9.69 Å². The van der Waals surface area contributed by atoms with Crippen molar-refractivity contribution in [2.45, 2.75) is 26.7 Å². The van der Waals surface area contributed by atoms with Gasteiger partial charge in [0.05, 0.1) is 0 Å². The van der Waals surface area contributed by atoms with Crippen LogP contribution in [0.4, 0.5) is 5.69 Å². The average molecular weight is 298 g/mol. The van der Waals surface area contributed by atoms with Crippen molar-refractivity contribution in [1.29, 1.82) is 0 Å². The van der Waals surface area contributed by atoms with Crippen molar-refractivity contribution in [2.24, 2.45) is 0 Å². The molecule has 0 aliphatic rings. The number of anilines is 1. The van der Waals surface area contributed by atoms with Gasteiger partial charge in [-0.3, -0.25) is 4.79 Å². The summed E-state index contributed by atoms with van der Waals surface area (Å²) in [7, 11) is 1.73. The van der Waals surface area contributed by atoms with E-state index in [-0.39, 0.29) is 18.1 Å². The van der Waals surface area contributed by atoms with Crippen molar-refractivity contribution in [2.75, 3.05) is 11.9 Å². The number of hydrogen-bond donors (Lipinski definition) is 0. The zero-order valence-electron chi connectivity index (χ0n) is 10.3. The van der Waals surface area contributed by atoms with Crippen LogP contribution in [0.1, 0.15) is 25.3 Å². The Kier molecular flexibility index (Phi) is 4.87. The minimum Gasteiger partial charge on any atom is -0.315 e. The van der Waals surface area contributed by atoms with Gasteiger partial charge in [-0.25, -0.2) is 0 Å². The molecule has 1 aromatic rings. The summed E-state index contributed by atoms with van der Waals surface area (Å²) in [6, 6.07) is 5.79. The number of halogens is 1. The molecule has 92 valence electrons. The highest BCUT2D eigenvalue weighted by molar-refractivity contribution is 9.10. The molecule has 0 saturated carbocycles. The highest BCUT2D eigenvalue weighted by Gasteiger charge is 2.13. The van der Waals surface area contributed by atoms with E-state index in [1.165, 1.54) is 6.92 Å². The summed E-state index contributed by atoms with van der Waals surface area (Å²) in [5.41, 5.74) is 1.90. The summed E-state index contributed by atoms with van der Waals surface area (Å²) in [6.07, 6.45) is 0.564. The fourth-order valence-electron chi connectivity index (χ4n) is 1.53. The maximum Gasteiger partial charge on any atom is 0.227 e. The van der Waals surface area contributed by atoms with E-state index < -0.39 is 0 Å². The lowest BCUT2D eigenvalue weighted by Crippen LogP contribution is -2.27. The molecule has 0 bridgehead atoms. The summed E-state index contributed by atoms with van der Waals surface area (Å²) in [5.74, 6) is -0.000820. The Labute approximate surface area is 110 Å². The van der Waals surface area contributed by atoms with Gasteiger partial charge >= 0.3 is 0 Å². The van der Waals surface area contributed by atoms with Crippen molar-refractivity contribution in [3.05, 3.63) is 28.2 Å². The molecule has 0 spiro atoms. The quantitative estimate of drug-likeness (QED) is 0.856. The molecule has 0 aliphatic heterocycles. The molecule has 1 aromatic carbocycles. The molecule has 0 saturated heterocycles.